The van der Waals surface area contributed by atoms with E-state index in [-0.39, 0.29) is 11.6 Å². The van der Waals surface area contributed by atoms with Gasteiger partial charge >= 0.3 is 12.1 Å². The number of benzene rings is 1. The van der Waals surface area contributed by atoms with Gasteiger partial charge in [-0.05, 0) is 63.0 Å². The van der Waals surface area contributed by atoms with Crippen LogP contribution in [0, 0.1) is 0 Å². The molecule has 0 fully saturated rings. The van der Waals surface area contributed by atoms with Crippen molar-refractivity contribution in [3.63, 3.8) is 0 Å². The number of amides is 1. The summed E-state index contributed by atoms with van der Waals surface area (Å²) >= 11 is 0. The van der Waals surface area contributed by atoms with Crippen molar-refractivity contribution >= 4 is 26.2 Å². The topological polar surface area (TPSA) is 138 Å². The largest absolute Gasteiger partial charge is 0.490 e. The van der Waals surface area contributed by atoms with Crippen molar-refractivity contribution in [1.29, 1.82) is 0 Å². The van der Waals surface area contributed by atoms with E-state index >= 15 is 0 Å². The van der Waals surface area contributed by atoms with Gasteiger partial charge in [-0.1, -0.05) is 32.9 Å². The molecule has 0 aliphatic rings. The quantitative estimate of drug-likeness (QED) is 0.273. The van der Waals surface area contributed by atoms with Crippen molar-refractivity contribution in [2.45, 2.75) is 84.3 Å². The molecule has 0 aliphatic carbocycles. The van der Waals surface area contributed by atoms with Crippen LogP contribution in [0.4, 0.5) is 10.6 Å². The fraction of sp³-hybridized carbons (Fsp3) is 0.577. The van der Waals surface area contributed by atoms with Crippen LogP contribution < -0.4 is 15.8 Å². The van der Waals surface area contributed by atoms with Crippen LogP contribution in [0.2, 0.25) is 18.1 Å². The smallest absolute Gasteiger partial charge is 0.407 e. The Balaban J connectivity index is 1.93. The zero-order valence-electron chi connectivity index (χ0n) is 23.3. The number of nitrogen functional groups attached to an aromatic ring is 1. The molecule has 2 aromatic rings. The highest BCUT2D eigenvalue weighted by atomic mass is 28.4. The first-order valence-corrected chi connectivity index (χ1v) is 15.3. The zero-order chi connectivity index (χ0) is 28.0. The highest BCUT2D eigenvalue weighted by Gasteiger charge is 2.41. The number of aliphatic carboxylic acids is 1. The van der Waals surface area contributed by atoms with Gasteiger partial charge in [0.2, 0.25) is 0 Å². The number of carbonyl (C=O) groups is 2. The van der Waals surface area contributed by atoms with E-state index in [1.165, 1.54) is 0 Å². The zero-order valence-corrected chi connectivity index (χ0v) is 24.3. The van der Waals surface area contributed by atoms with Crippen LogP contribution in [0.15, 0.2) is 30.5 Å². The summed E-state index contributed by atoms with van der Waals surface area (Å²) in [4.78, 5) is 23.5. The summed E-state index contributed by atoms with van der Waals surface area (Å²) < 4.78 is 18.7. The van der Waals surface area contributed by atoms with E-state index in [4.69, 9.17) is 19.6 Å². The lowest BCUT2D eigenvalue weighted by Crippen LogP contribution is -2.47. The van der Waals surface area contributed by atoms with Crippen LogP contribution >= 0.6 is 0 Å². The molecule has 1 amide bonds. The Hall–Kier alpha value is -3.05. The summed E-state index contributed by atoms with van der Waals surface area (Å²) in [6, 6.07) is 7.23. The van der Waals surface area contributed by atoms with Crippen LogP contribution in [0.5, 0.6) is 5.75 Å². The molecule has 0 saturated carbocycles. The minimum absolute atomic E-state index is 0.0847. The Bertz CT molecular complexity index is 1050. The molecule has 10 nitrogen and oxygen atoms in total. The fourth-order valence-electron chi connectivity index (χ4n) is 3.11. The van der Waals surface area contributed by atoms with Gasteiger partial charge in [-0.3, -0.25) is 4.68 Å². The molecular formula is C26H42N4O6Si. The molecular weight excluding hydrogens is 492 g/mol. The first kappa shape index (κ1) is 30.2. The van der Waals surface area contributed by atoms with Crippen molar-refractivity contribution in [2.75, 3.05) is 18.9 Å². The summed E-state index contributed by atoms with van der Waals surface area (Å²) in [5, 5.41) is 16.6. The third-order valence-electron chi connectivity index (χ3n) is 6.11. The second kappa shape index (κ2) is 12.0. The van der Waals surface area contributed by atoms with Gasteiger partial charge in [-0.25, -0.2) is 9.59 Å². The summed E-state index contributed by atoms with van der Waals surface area (Å²) in [6.45, 7) is 16.6. The predicted molar refractivity (Wildman–Crippen MR) is 146 cm³/mol. The first-order valence-electron chi connectivity index (χ1n) is 12.4. The van der Waals surface area contributed by atoms with Gasteiger partial charge in [0.05, 0.1) is 0 Å². The van der Waals surface area contributed by atoms with Crippen molar-refractivity contribution in [3.8, 4) is 16.9 Å². The van der Waals surface area contributed by atoms with Gasteiger partial charge in [-0.15, -0.1) is 0 Å². The Morgan fingerprint density at radius 3 is 2.30 bits per heavy atom. The molecule has 1 atom stereocenters. The number of carboxylic acids is 1. The van der Waals surface area contributed by atoms with Crippen LogP contribution in [0.3, 0.4) is 0 Å². The molecule has 0 spiro atoms. The highest BCUT2D eigenvalue weighted by Crippen LogP contribution is 2.37. The number of nitrogens with one attached hydrogen (secondary N) is 1. The van der Waals surface area contributed by atoms with E-state index in [0.717, 1.165) is 11.1 Å². The van der Waals surface area contributed by atoms with Crippen LogP contribution in [-0.2, 0) is 20.5 Å². The SMILES string of the molecule is CC(C)(C)OC(=O)NCCCn1cc(-c2ccc(OCC(O[Si](C)(C)C(C)(C)C)C(=O)O)cc2)c(N)n1. The predicted octanol–water partition coefficient (Wildman–Crippen LogP) is 4.90. The molecule has 4 N–H and O–H groups in total. The molecule has 1 unspecified atom stereocenters. The Labute approximate surface area is 220 Å². The average Bonchev–Trinajstić information content (AvgIpc) is 3.12. The molecule has 0 radical (unpaired) electrons. The van der Waals surface area contributed by atoms with Gasteiger partial charge in [-0.2, -0.15) is 5.10 Å². The maximum atomic E-state index is 11.8. The summed E-state index contributed by atoms with van der Waals surface area (Å²) in [7, 11) is -2.26. The number of hydrogen-bond acceptors (Lipinski definition) is 7. The van der Waals surface area contributed by atoms with Gasteiger partial charge in [0.1, 0.15) is 18.0 Å². The molecule has 1 aromatic carbocycles. The van der Waals surface area contributed by atoms with E-state index in [1.807, 2.05) is 52.2 Å². The number of rotatable bonds is 11. The Kier molecular flexibility index (Phi) is 9.78. The number of ether oxygens (including phenoxy) is 2. The minimum Gasteiger partial charge on any atom is -0.490 e. The molecule has 0 bridgehead atoms. The second-order valence-corrected chi connectivity index (χ2v) is 16.3. The number of hydrogen-bond donors (Lipinski definition) is 3. The number of carbonyl (C=O) groups excluding carboxylic acids is 1. The highest BCUT2D eigenvalue weighted by molar-refractivity contribution is 6.74. The number of nitrogens with two attached hydrogens (primary N) is 1. The lowest BCUT2D eigenvalue weighted by molar-refractivity contribution is -0.147. The fourth-order valence-corrected chi connectivity index (χ4v) is 4.34. The lowest BCUT2D eigenvalue weighted by Gasteiger charge is -2.38. The summed E-state index contributed by atoms with van der Waals surface area (Å²) in [6.07, 6.45) is 1.02. The van der Waals surface area contributed by atoms with E-state index in [2.05, 4.69) is 31.2 Å². The number of nitrogens with zero attached hydrogens (tertiary/aromatic N) is 2. The van der Waals surface area contributed by atoms with E-state index in [0.29, 0.717) is 31.1 Å². The minimum atomic E-state index is -2.26. The van der Waals surface area contributed by atoms with Gasteiger partial charge in [0.25, 0.3) is 0 Å². The molecule has 1 aromatic heterocycles. The van der Waals surface area contributed by atoms with Crippen molar-refractivity contribution in [1.82, 2.24) is 15.1 Å². The van der Waals surface area contributed by atoms with Gasteiger partial charge in [0, 0.05) is 24.8 Å². The monoisotopic (exact) mass is 534 g/mol. The third kappa shape index (κ3) is 9.40. The van der Waals surface area contributed by atoms with E-state index in [9.17, 15) is 14.7 Å². The summed E-state index contributed by atoms with van der Waals surface area (Å²) in [5.41, 5.74) is 7.22. The number of anilines is 1. The summed E-state index contributed by atoms with van der Waals surface area (Å²) in [5.74, 6) is -0.113. The Morgan fingerprint density at radius 1 is 1.14 bits per heavy atom. The lowest BCUT2D eigenvalue weighted by atomic mass is 10.1. The van der Waals surface area contributed by atoms with Crippen LogP contribution in [-0.4, -0.2) is 60.1 Å². The van der Waals surface area contributed by atoms with Gasteiger partial charge in [0.15, 0.2) is 20.2 Å². The van der Waals surface area contributed by atoms with Gasteiger partial charge < -0.3 is 30.1 Å². The normalized spacial score (nSPS) is 13.2. The first-order chi connectivity index (χ1) is 17.0. The van der Waals surface area contributed by atoms with E-state index < -0.39 is 32.1 Å². The molecule has 11 heteroatoms. The molecule has 0 aliphatic heterocycles. The van der Waals surface area contributed by atoms with Crippen molar-refractivity contribution in [3.05, 3.63) is 30.5 Å². The van der Waals surface area contributed by atoms with Crippen LogP contribution in [0.25, 0.3) is 11.1 Å². The maximum absolute atomic E-state index is 11.8. The average molecular weight is 535 g/mol. The number of carboxylic acid groups (broad SMARTS) is 1. The van der Waals surface area contributed by atoms with E-state index in [1.54, 1.807) is 16.8 Å². The Morgan fingerprint density at radius 2 is 1.76 bits per heavy atom. The number of aryl methyl sites for hydroxylation is 1. The molecule has 206 valence electrons. The number of alkyl carbamates (subject to hydrolysis) is 1. The second-order valence-electron chi connectivity index (χ2n) is 11.5. The molecule has 37 heavy (non-hydrogen) atoms. The standard InChI is InChI=1S/C26H42N4O6Si/c1-25(2,3)35-24(33)28-14-9-15-30-16-20(22(27)29-30)18-10-12-19(13-11-18)34-17-21(23(31)32)36-37(7,8)26(4,5)6/h10-13,16,21H,9,14-15,17H2,1-8H3,(H2,27,29)(H,28,33)(H,31,32). The molecule has 2 rings (SSSR count). The molecule has 0 saturated heterocycles. The maximum Gasteiger partial charge on any atom is 0.407 e. The van der Waals surface area contributed by atoms with Crippen molar-refractivity contribution < 1.29 is 28.6 Å². The molecule has 1 heterocycles. The van der Waals surface area contributed by atoms with Crippen LogP contribution in [0.1, 0.15) is 48.0 Å². The number of aromatic nitrogens is 2. The third-order valence-corrected chi connectivity index (χ3v) is 10.6. The van der Waals surface area contributed by atoms with Crippen molar-refractivity contribution in [2.24, 2.45) is 0 Å².